The number of rotatable bonds is 4. The Bertz CT molecular complexity index is 1090. The number of nitrogens with zero attached hydrogens (tertiary/aromatic N) is 4. The van der Waals surface area contributed by atoms with Crippen LogP contribution in [0.1, 0.15) is 40.7 Å². The van der Waals surface area contributed by atoms with Crippen LogP contribution in [-0.2, 0) is 6.54 Å². The molecule has 2 N–H and O–H groups in total. The number of carbonyl (C=O) groups is 1. The second kappa shape index (κ2) is 11.2. The normalized spacial score (nSPS) is 15.4. The summed E-state index contributed by atoms with van der Waals surface area (Å²) >= 11 is 6.39. The van der Waals surface area contributed by atoms with Crippen LogP contribution >= 0.6 is 11.6 Å². The van der Waals surface area contributed by atoms with Gasteiger partial charge in [0, 0.05) is 49.2 Å². The number of aromatic carboxylic acids is 1. The van der Waals surface area contributed by atoms with Crippen molar-refractivity contribution in [1.29, 1.82) is 0 Å². The minimum absolute atomic E-state index is 0.120. The molecule has 2 aromatic rings. The third kappa shape index (κ3) is 5.99. The van der Waals surface area contributed by atoms with Crippen molar-refractivity contribution in [2.24, 2.45) is 4.99 Å². The van der Waals surface area contributed by atoms with Crippen molar-refractivity contribution in [2.75, 3.05) is 25.5 Å². The molecule has 1 fully saturated rings. The number of anilines is 1. The lowest BCUT2D eigenvalue weighted by Crippen LogP contribution is -2.45. The Morgan fingerprint density at radius 3 is 2.59 bits per heavy atom. The molecule has 0 aliphatic carbocycles. The Morgan fingerprint density at radius 2 is 1.94 bits per heavy atom. The summed E-state index contributed by atoms with van der Waals surface area (Å²) in [4.78, 5) is 24.9. The lowest BCUT2D eigenvalue weighted by molar-refractivity contribution is 0.00817. The van der Waals surface area contributed by atoms with Gasteiger partial charge in [0.25, 0.3) is 0 Å². The van der Waals surface area contributed by atoms with Gasteiger partial charge in [-0.2, -0.15) is 13.2 Å². The molecule has 7 nitrogen and oxygen atoms in total. The molecule has 1 aromatic carbocycles. The molecule has 2 aliphatic heterocycles. The molecular formula is C23H25ClF3N5O2. The number of benzene rings is 1. The highest BCUT2D eigenvalue weighted by Gasteiger charge is 2.28. The van der Waals surface area contributed by atoms with E-state index in [1.165, 1.54) is 12.5 Å². The summed E-state index contributed by atoms with van der Waals surface area (Å²) < 4.78 is 29.0. The van der Waals surface area contributed by atoms with E-state index >= 15 is 0 Å². The van der Waals surface area contributed by atoms with Gasteiger partial charge in [0.05, 0.1) is 5.69 Å². The summed E-state index contributed by atoms with van der Waals surface area (Å²) in [6, 6.07) is 6.85. The molecule has 4 rings (SSSR count). The van der Waals surface area contributed by atoms with E-state index in [-0.39, 0.29) is 5.56 Å². The predicted octanol–water partition coefficient (Wildman–Crippen LogP) is 5.61. The maximum absolute atomic E-state index is 11.5. The highest BCUT2D eigenvalue weighted by Crippen LogP contribution is 2.38. The number of carboxylic acids is 1. The van der Waals surface area contributed by atoms with Gasteiger partial charge in [-0.25, -0.2) is 14.8 Å². The lowest BCUT2D eigenvalue weighted by atomic mass is 10.0. The molecule has 0 saturated carbocycles. The molecule has 0 bridgehead atoms. The summed E-state index contributed by atoms with van der Waals surface area (Å²) in [6.07, 6.45) is 5.11. The van der Waals surface area contributed by atoms with Crippen molar-refractivity contribution >= 4 is 40.7 Å². The monoisotopic (exact) mass is 495 g/mol. The fourth-order valence-corrected chi connectivity index (χ4v) is 4.13. The first-order valence-electron chi connectivity index (χ1n) is 10.6. The van der Waals surface area contributed by atoms with E-state index in [9.17, 15) is 23.1 Å². The highest BCUT2D eigenvalue weighted by molar-refractivity contribution is 6.31. The first-order valence-corrected chi connectivity index (χ1v) is 11.0. The van der Waals surface area contributed by atoms with E-state index in [1.807, 2.05) is 24.1 Å². The SMILES string of the molecule is C=C1c2cc(Cl)cc(CNc3ncccc3C(=O)O)c2N=C(N2CCCCC2)N1C.FC(F)F. The zero-order valence-electron chi connectivity index (χ0n) is 18.6. The number of nitrogens with one attached hydrogen (secondary N) is 1. The quantitative estimate of drug-likeness (QED) is 0.573. The zero-order valence-corrected chi connectivity index (χ0v) is 19.3. The number of likely N-dealkylation sites (tertiary alicyclic amines) is 1. The minimum Gasteiger partial charge on any atom is -0.478 e. The Morgan fingerprint density at radius 1 is 1.26 bits per heavy atom. The molecule has 0 unspecified atom stereocenters. The van der Waals surface area contributed by atoms with Crippen LogP contribution < -0.4 is 5.32 Å². The Hall–Kier alpha value is -3.27. The van der Waals surface area contributed by atoms with Gasteiger partial charge >= 0.3 is 12.6 Å². The first kappa shape index (κ1) is 25.4. The number of alkyl halides is 3. The number of aliphatic imine (C=N–C) groups is 1. The number of halogens is 4. The molecular weight excluding hydrogens is 471 g/mol. The Balaban J connectivity index is 0.000000751. The van der Waals surface area contributed by atoms with Crippen molar-refractivity contribution in [3.63, 3.8) is 0 Å². The number of hydrogen-bond donors (Lipinski definition) is 2. The van der Waals surface area contributed by atoms with Gasteiger partial charge in [-0.05, 0) is 49.1 Å². The van der Waals surface area contributed by atoms with Crippen LogP contribution in [0.2, 0.25) is 5.02 Å². The van der Waals surface area contributed by atoms with E-state index in [0.29, 0.717) is 17.4 Å². The van der Waals surface area contributed by atoms with Crippen LogP contribution in [0.5, 0.6) is 0 Å². The topological polar surface area (TPSA) is 81.1 Å². The van der Waals surface area contributed by atoms with E-state index in [4.69, 9.17) is 16.6 Å². The van der Waals surface area contributed by atoms with Crippen LogP contribution in [0.3, 0.4) is 0 Å². The molecule has 2 aliphatic rings. The molecule has 34 heavy (non-hydrogen) atoms. The van der Waals surface area contributed by atoms with E-state index in [1.54, 1.807) is 12.3 Å². The van der Waals surface area contributed by atoms with Crippen molar-refractivity contribution in [3.8, 4) is 0 Å². The van der Waals surface area contributed by atoms with E-state index in [2.05, 4.69) is 21.8 Å². The summed E-state index contributed by atoms with van der Waals surface area (Å²) in [5.41, 5.74) is 3.51. The maximum Gasteiger partial charge on any atom is 0.379 e. The average molecular weight is 496 g/mol. The summed E-state index contributed by atoms with van der Waals surface area (Å²) in [7, 11) is 1.98. The van der Waals surface area contributed by atoms with Crippen molar-refractivity contribution in [1.82, 2.24) is 14.8 Å². The fraction of sp³-hybridized carbons (Fsp3) is 0.348. The summed E-state index contributed by atoms with van der Waals surface area (Å²) in [6.45, 7) is 2.89. The third-order valence-electron chi connectivity index (χ3n) is 5.50. The Kier molecular flexibility index (Phi) is 8.38. The molecule has 3 heterocycles. The number of pyridine rings is 1. The number of aromatic nitrogens is 1. The molecule has 182 valence electrons. The number of fused-ring (bicyclic) bond motifs is 1. The van der Waals surface area contributed by atoms with Crippen molar-refractivity contribution < 1.29 is 23.1 Å². The van der Waals surface area contributed by atoms with E-state index in [0.717, 1.165) is 54.4 Å². The maximum atomic E-state index is 11.5. The van der Waals surface area contributed by atoms with Gasteiger partial charge in [0.15, 0.2) is 0 Å². The largest absolute Gasteiger partial charge is 0.478 e. The average Bonchev–Trinajstić information content (AvgIpc) is 2.80. The molecule has 0 spiro atoms. The first-order chi connectivity index (χ1) is 16.2. The Labute approximate surface area is 200 Å². The van der Waals surface area contributed by atoms with Crippen molar-refractivity contribution in [2.45, 2.75) is 32.5 Å². The smallest absolute Gasteiger partial charge is 0.379 e. The van der Waals surface area contributed by atoms with Gasteiger partial charge < -0.3 is 20.2 Å². The van der Waals surface area contributed by atoms with Gasteiger partial charge in [-0.1, -0.05) is 18.2 Å². The van der Waals surface area contributed by atoms with Crippen LogP contribution in [0.15, 0.2) is 42.0 Å². The standard InChI is InChI=1S/C22H24ClN5O2.CHF3/c1-14-18-12-16(23)11-15(13-25-20-17(21(29)30)7-6-8-24-20)19(18)26-22(27(14)2)28-9-4-3-5-10-28;2-1(3)4/h6-8,11-12H,1,3-5,9-10,13H2,2H3,(H,24,25)(H,29,30);1H. The van der Waals surface area contributed by atoms with Crippen molar-refractivity contribution in [3.05, 3.63) is 58.8 Å². The molecule has 0 radical (unpaired) electrons. The predicted molar refractivity (Wildman–Crippen MR) is 126 cm³/mol. The van der Waals surface area contributed by atoms with Crippen LogP contribution in [-0.4, -0.2) is 58.6 Å². The van der Waals surface area contributed by atoms with Crippen LogP contribution in [0.4, 0.5) is 24.7 Å². The van der Waals surface area contributed by atoms with Gasteiger partial charge in [-0.15, -0.1) is 0 Å². The van der Waals surface area contributed by atoms with Gasteiger partial charge in [-0.3, -0.25) is 0 Å². The highest BCUT2D eigenvalue weighted by atomic mass is 35.5. The third-order valence-corrected chi connectivity index (χ3v) is 5.72. The number of piperidine rings is 1. The van der Waals surface area contributed by atoms with Crippen LogP contribution in [0.25, 0.3) is 5.70 Å². The molecule has 1 saturated heterocycles. The number of guanidine groups is 1. The van der Waals surface area contributed by atoms with Gasteiger partial charge in [0.1, 0.15) is 11.4 Å². The molecule has 1 aromatic heterocycles. The molecule has 0 atom stereocenters. The molecule has 0 amide bonds. The van der Waals surface area contributed by atoms with Gasteiger partial charge in [0.2, 0.25) is 5.96 Å². The number of carboxylic acid groups (broad SMARTS) is 1. The number of hydrogen-bond acceptors (Lipinski definition) is 6. The second-order valence-electron chi connectivity index (χ2n) is 7.73. The van der Waals surface area contributed by atoms with E-state index < -0.39 is 12.6 Å². The summed E-state index contributed by atoms with van der Waals surface area (Å²) in [5, 5.41) is 13.1. The lowest BCUT2D eigenvalue weighted by Gasteiger charge is -2.38. The fourth-order valence-electron chi connectivity index (χ4n) is 3.89. The minimum atomic E-state index is -3.67. The van der Waals surface area contributed by atoms with Crippen LogP contribution in [0, 0.1) is 0 Å². The summed E-state index contributed by atoms with van der Waals surface area (Å²) in [5.74, 6) is 0.171. The molecule has 11 heteroatoms. The zero-order chi connectivity index (χ0) is 24.8. The second-order valence-corrected chi connectivity index (χ2v) is 8.17.